The van der Waals surface area contributed by atoms with E-state index in [0.717, 1.165) is 11.1 Å². The third-order valence-corrected chi connectivity index (χ3v) is 5.54. The topological polar surface area (TPSA) is 123 Å². The standard InChI is InChI=1S/C20H21N5O2S/c1-13-3-9-17(10-4-13)28(26,27)25-16-7-5-15(6-8-16)23-24-20-11-14(2)18(21)12-19(20)22/h3-12,25H,21-22H2,1-2H3/b24-23+. The van der Waals surface area contributed by atoms with Crippen LogP contribution in [0.1, 0.15) is 11.1 Å². The monoisotopic (exact) mass is 395 g/mol. The highest BCUT2D eigenvalue weighted by Crippen LogP contribution is 2.29. The van der Waals surface area contributed by atoms with E-state index in [9.17, 15) is 8.42 Å². The predicted molar refractivity (Wildman–Crippen MR) is 113 cm³/mol. The second-order valence-electron chi connectivity index (χ2n) is 6.43. The van der Waals surface area contributed by atoms with E-state index in [1.54, 1.807) is 60.7 Å². The zero-order chi connectivity index (χ0) is 20.3. The molecule has 0 aromatic heterocycles. The summed E-state index contributed by atoms with van der Waals surface area (Å²) in [6, 6.07) is 16.6. The molecule has 8 heteroatoms. The summed E-state index contributed by atoms with van der Waals surface area (Å²) in [5.74, 6) is 0. The second kappa shape index (κ2) is 7.69. The van der Waals surface area contributed by atoms with Crippen LogP contribution in [0.3, 0.4) is 0 Å². The first kappa shape index (κ1) is 19.4. The van der Waals surface area contributed by atoms with Crippen molar-refractivity contribution in [2.75, 3.05) is 16.2 Å². The van der Waals surface area contributed by atoms with Crippen LogP contribution < -0.4 is 16.2 Å². The lowest BCUT2D eigenvalue weighted by Crippen LogP contribution is -2.12. The Balaban J connectivity index is 1.75. The first-order valence-electron chi connectivity index (χ1n) is 8.51. The van der Waals surface area contributed by atoms with Gasteiger partial charge in [0.2, 0.25) is 0 Å². The first-order chi connectivity index (χ1) is 13.2. The van der Waals surface area contributed by atoms with Crippen LogP contribution >= 0.6 is 0 Å². The Kier molecular flexibility index (Phi) is 5.32. The Morgan fingerprint density at radius 3 is 2.11 bits per heavy atom. The molecule has 5 N–H and O–H groups in total. The summed E-state index contributed by atoms with van der Waals surface area (Å²) in [5, 5.41) is 8.28. The maximum atomic E-state index is 12.4. The van der Waals surface area contributed by atoms with E-state index < -0.39 is 10.0 Å². The molecule has 0 fully saturated rings. The van der Waals surface area contributed by atoms with Crippen molar-refractivity contribution < 1.29 is 8.42 Å². The zero-order valence-electron chi connectivity index (χ0n) is 15.5. The van der Waals surface area contributed by atoms with Crippen molar-refractivity contribution >= 4 is 38.5 Å². The van der Waals surface area contributed by atoms with Gasteiger partial charge in [0.1, 0.15) is 5.69 Å². The molecule has 0 heterocycles. The molecule has 0 bridgehead atoms. The average Bonchev–Trinajstić information content (AvgIpc) is 2.65. The molecule has 0 radical (unpaired) electrons. The number of azo groups is 1. The number of aryl methyl sites for hydroxylation is 2. The number of sulfonamides is 1. The van der Waals surface area contributed by atoms with Gasteiger partial charge in [-0.2, -0.15) is 5.11 Å². The summed E-state index contributed by atoms with van der Waals surface area (Å²) >= 11 is 0. The number of nitrogens with zero attached hydrogens (tertiary/aromatic N) is 2. The highest BCUT2D eigenvalue weighted by atomic mass is 32.2. The maximum absolute atomic E-state index is 12.4. The smallest absolute Gasteiger partial charge is 0.261 e. The number of hydrogen-bond donors (Lipinski definition) is 3. The summed E-state index contributed by atoms with van der Waals surface area (Å²) in [7, 11) is -3.65. The van der Waals surface area contributed by atoms with Gasteiger partial charge in [0.25, 0.3) is 10.0 Å². The fourth-order valence-corrected chi connectivity index (χ4v) is 3.51. The van der Waals surface area contributed by atoms with Gasteiger partial charge >= 0.3 is 0 Å². The molecular weight excluding hydrogens is 374 g/mol. The number of nitrogens with two attached hydrogens (primary N) is 2. The fraction of sp³-hybridized carbons (Fsp3) is 0.100. The quantitative estimate of drug-likeness (QED) is 0.428. The van der Waals surface area contributed by atoms with E-state index >= 15 is 0 Å². The van der Waals surface area contributed by atoms with Crippen molar-refractivity contribution in [1.82, 2.24) is 0 Å². The second-order valence-corrected chi connectivity index (χ2v) is 8.12. The first-order valence-corrected chi connectivity index (χ1v) is 10.00. The largest absolute Gasteiger partial charge is 0.398 e. The molecule has 0 aliphatic rings. The normalized spacial score (nSPS) is 11.6. The van der Waals surface area contributed by atoms with Crippen molar-refractivity contribution in [2.45, 2.75) is 18.7 Å². The molecule has 0 saturated carbocycles. The van der Waals surface area contributed by atoms with Crippen molar-refractivity contribution in [3.8, 4) is 0 Å². The van der Waals surface area contributed by atoms with E-state index in [1.807, 2.05) is 13.8 Å². The van der Waals surface area contributed by atoms with Crippen molar-refractivity contribution in [1.29, 1.82) is 0 Å². The van der Waals surface area contributed by atoms with Gasteiger partial charge in [0.15, 0.2) is 0 Å². The lowest BCUT2D eigenvalue weighted by molar-refractivity contribution is 0.601. The molecule has 7 nitrogen and oxygen atoms in total. The number of nitrogens with one attached hydrogen (secondary N) is 1. The summed E-state index contributed by atoms with van der Waals surface area (Å²) < 4.78 is 27.4. The molecule has 0 unspecified atom stereocenters. The molecule has 3 rings (SSSR count). The molecule has 0 saturated heterocycles. The zero-order valence-corrected chi connectivity index (χ0v) is 16.4. The third kappa shape index (κ3) is 4.47. The lowest BCUT2D eigenvalue weighted by atomic mass is 10.1. The third-order valence-electron chi connectivity index (χ3n) is 4.14. The summed E-state index contributed by atoms with van der Waals surface area (Å²) in [6.07, 6.45) is 0. The number of hydrogen-bond acceptors (Lipinski definition) is 6. The van der Waals surface area contributed by atoms with Gasteiger partial charge in [0.05, 0.1) is 16.3 Å². The van der Waals surface area contributed by atoms with E-state index in [-0.39, 0.29) is 4.90 Å². The number of nitrogen functional groups attached to an aromatic ring is 2. The fourth-order valence-electron chi connectivity index (χ4n) is 2.45. The van der Waals surface area contributed by atoms with Crippen LogP contribution in [0.2, 0.25) is 0 Å². The molecule has 0 aliphatic carbocycles. The Labute approximate surface area is 164 Å². The van der Waals surface area contributed by atoms with E-state index in [4.69, 9.17) is 11.5 Å². The molecule has 3 aromatic carbocycles. The van der Waals surface area contributed by atoms with Crippen molar-refractivity contribution in [2.24, 2.45) is 10.2 Å². The predicted octanol–water partition coefficient (Wildman–Crippen LogP) is 4.68. The molecular formula is C20H21N5O2S. The molecule has 3 aromatic rings. The SMILES string of the molecule is Cc1ccc(S(=O)(=O)Nc2ccc(/N=N/c3cc(C)c(N)cc3N)cc2)cc1. The Morgan fingerprint density at radius 2 is 1.46 bits per heavy atom. The maximum Gasteiger partial charge on any atom is 0.261 e. The van der Waals surface area contributed by atoms with Gasteiger partial charge in [-0.05, 0) is 67.9 Å². The van der Waals surface area contributed by atoms with Gasteiger partial charge in [-0.1, -0.05) is 17.7 Å². The van der Waals surface area contributed by atoms with E-state index in [0.29, 0.717) is 28.4 Å². The van der Waals surface area contributed by atoms with E-state index in [1.165, 1.54) is 0 Å². The van der Waals surface area contributed by atoms with Crippen molar-refractivity contribution in [3.05, 3.63) is 71.8 Å². The van der Waals surface area contributed by atoms with Crippen LogP contribution in [0.15, 0.2) is 75.8 Å². The van der Waals surface area contributed by atoms with Crippen LogP contribution in [-0.4, -0.2) is 8.42 Å². The van der Waals surface area contributed by atoms with Gasteiger partial charge in [-0.15, -0.1) is 5.11 Å². The van der Waals surface area contributed by atoms with Gasteiger partial charge in [-0.25, -0.2) is 8.42 Å². The summed E-state index contributed by atoms with van der Waals surface area (Å²) in [5.41, 5.74) is 16.1. The van der Waals surface area contributed by atoms with Crippen LogP contribution in [-0.2, 0) is 10.0 Å². The molecule has 0 atom stereocenters. The molecule has 144 valence electrons. The van der Waals surface area contributed by atoms with Crippen LogP contribution in [0.25, 0.3) is 0 Å². The van der Waals surface area contributed by atoms with E-state index in [2.05, 4.69) is 15.0 Å². The molecule has 0 spiro atoms. The minimum atomic E-state index is -3.65. The number of anilines is 3. The Bertz CT molecular complexity index is 1120. The molecule has 0 amide bonds. The summed E-state index contributed by atoms with van der Waals surface area (Å²) in [6.45, 7) is 3.76. The Hall–Kier alpha value is -3.39. The Morgan fingerprint density at radius 1 is 0.821 bits per heavy atom. The highest BCUT2D eigenvalue weighted by Gasteiger charge is 2.13. The molecule has 0 aliphatic heterocycles. The lowest BCUT2D eigenvalue weighted by Gasteiger charge is -2.08. The summed E-state index contributed by atoms with van der Waals surface area (Å²) in [4.78, 5) is 0.205. The average molecular weight is 395 g/mol. The number of benzene rings is 3. The number of rotatable bonds is 5. The van der Waals surface area contributed by atoms with Crippen molar-refractivity contribution in [3.63, 3.8) is 0 Å². The van der Waals surface area contributed by atoms with Gasteiger partial charge in [-0.3, -0.25) is 4.72 Å². The highest BCUT2D eigenvalue weighted by molar-refractivity contribution is 7.92. The van der Waals surface area contributed by atoms with Crippen LogP contribution in [0.4, 0.5) is 28.4 Å². The van der Waals surface area contributed by atoms with Gasteiger partial charge < -0.3 is 11.5 Å². The van der Waals surface area contributed by atoms with Gasteiger partial charge in [0, 0.05) is 11.4 Å². The molecule has 28 heavy (non-hydrogen) atoms. The minimum absolute atomic E-state index is 0.205. The van der Waals surface area contributed by atoms with Crippen LogP contribution in [0, 0.1) is 13.8 Å². The van der Waals surface area contributed by atoms with Crippen LogP contribution in [0.5, 0.6) is 0 Å². The minimum Gasteiger partial charge on any atom is -0.398 e.